The minimum Gasteiger partial charge on any atom is -0.245 e. The molecule has 6 heteroatoms. The molecule has 4 aromatic carbocycles. The predicted octanol–water partition coefficient (Wildman–Crippen LogP) is 8.18. The van der Waals surface area contributed by atoms with Gasteiger partial charge in [-0.05, 0) is 24.3 Å². The Hall–Kier alpha value is -5.88. The average Bonchev–Trinajstić information content (AvgIpc) is 3.08. The van der Waals surface area contributed by atoms with Gasteiger partial charge in [-0.2, -0.15) is 0 Å². The van der Waals surface area contributed by atoms with E-state index in [0.29, 0.717) is 17.3 Å². The predicted molar refractivity (Wildman–Crippen MR) is 167 cm³/mol. The lowest BCUT2D eigenvalue weighted by molar-refractivity contribution is 1.15. The van der Waals surface area contributed by atoms with Gasteiger partial charge >= 0.3 is 0 Å². The van der Waals surface area contributed by atoms with E-state index >= 15 is 0 Å². The summed E-state index contributed by atoms with van der Waals surface area (Å²) in [6.45, 7) is 0. The standard InChI is InChI=1S/C36H22N6/c1-2-9-23(10-3-1)32-28-13-6-7-14-29(28)41-35(42-32)27-12-5-4-11-26(27)30-19-17-24-15-16-25-18-20-31(36-37-21-8-22-38-36)40-34(25)33(24)39-30/h1-22H. The third kappa shape index (κ3) is 4.14. The molecule has 0 aliphatic heterocycles. The molecule has 0 spiro atoms. The third-order valence-electron chi connectivity index (χ3n) is 7.41. The van der Waals surface area contributed by atoms with E-state index in [0.717, 1.165) is 60.8 Å². The highest BCUT2D eigenvalue weighted by atomic mass is 14.9. The Bertz CT molecular complexity index is 2250. The van der Waals surface area contributed by atoms with Gasteiger partial charge in [0.2, 0.25) is 0 Å². The fourth-order valence-electron chi connectivity index (χ4n) is 5.39. The first-order valence-electron chi connectivity index (χ1n) is 13.7. The van der Waals surface area contributed by atoms with Crippen LogP contribution in [-0.4, -0.2) is 29.9 Å². The van der Waals surface area contributed by atoms with Crippen molar-refractivity contribution in [1.29, 1.82) is 0 Å². The molecule has 0 aliphatic carbocycles. The summed E-state index contributed by atoms with van der Waals surface area (Å²) < 4.78 is 0. The van der Waals surface area contributed by atoms with Gasteiger partial charge in [0.15, 0.2) is 11.6 Å². The number of hydrogen-bond acceptors (Lipinski definition) is 6. The van der Waals surface area contributed by atoms with E-state index in [4.69, 9.17) is 19.9 Å². The second-order valence-electron chi connectivity index (χ2n) is 10.00. The smallest absolute Gasteiger partial charge is 0.178 e. The maximum atomic E-state index is 5.18. The van der Waals surface area contributed by atoms with Crippen LogP contribution in [0.5, 0.6) is 0 Å². The molecule has 6 nitrogen and oxygen atoms in total. The SMILES string of the molecule is c1ccc(-c2nc(-c3ccccc3-c3ccc4ccc5ccc(-c6ncccn6)nc5c4n3)nc3ccccc23)cc1. The van der Waals surface area contributed by atoms with Gasteiger partial charge in [0.1, 0.15) is 5.69 Å². The zero-order valence-corrected chi connectivity index (χ0v) is 22.4. The average molecular weight is 539 g/mol. The first-order valence-corrected chi connectivity index (χ1v) is 13.7. The Morgan fingerprint density at radius 1 is 0.405 bits per heavy atom. The molecule has 196 valence electrons. The fourth-order valence-corrected chi connectivity index (χ4v) is 5.39. The third-order valence-corrected chi connectivity index (χ3v) is 7.41. The molecule has 0 aliphatic rings. The summed E-state index contributed by atoms with van der Waals surface area (Å²) in [5.41, 5.74) is 7.89. The van der Waals surface area contributed by atoms with Crippen LogP contribution in [0.4, 0.5) is 0 Å². The Kier molecular flexibility index (Phi) is 5.67. The number of hydrogen-bond donors (Lipinski definition) is 0. The van der Waals surface area contributed by atoms with Crippen LogP contribution in [0.25, 0.3) is 78.1 Å². The van der Waals surface area contributed by atoms with E-state index in [9.17, 15) is 0 Å². The van der Waals surface area contributed by atoms with Gasteiger partial charge in [-0.15, -0.1) is 0 Å². The van der Waals surface area contributed by atoms with Gasteiger partial charge in [0.25, 0.3) is 0 Å². The quantitative estimate of drug-likeness (QED) is 0.210. The van der Waals surface area contributed by atoms with Crippen LogP contribution in [0, 0.1) is 0 Å². The molecule has 0 atom stereocenters. The molecule has 8 rings (SSSR count). The number of nitrogens with zero attached hydrogens (tertiary/aromatic N) is 6. The highest BCUT2D eigenvalue weighted by molar-refractivity contribution is 6.04. The van der Waals surface area contributed by atoms with E-state index in [1.807, 2.05) is 60.7 Å². The lowest BCUT2D eigenvalue weighted by Gasteiger charge is -2.13. The van der Waals surface area contributed by atoms with Crippen molar-refractivity contribution in [1.82, 2.24) is 29.9 Å². The van der Waals surface area contributed by atoms with Crippen LogP contribution >= 0.6 is 0 Å². The molecule has 4 aromatic heterocycles. The zero-order chi connectivity index (χ0) is 27.9. The van der Waals surface area contributed by atoms with E-state index in [1.54, 1.807) is 18.5 Å². The molecule has 0 amide bonds. The maximum absolute atomic E-state index is 5.18. The van der Waals surface area contributed by atoms with Crippen molar-refractivity contribution in [2.75, 3.05) is 0 Å². The monoisotopic (exact) mass is 538 g/mol. The van der Waals surface area contributed by atoms with Gasteiger partial charge in [0.05, 0.1) is 27.9 Å². The number of rotatable bonds is 4. The molecule has 0 fully saturated rings. The van der Waals surface area contributed by atoms with Gasteiger partial charge < -0.3 is 0 Å². The van der Waals surface area contributed by atoms with Crippen LogP contribution in [0.15, 0.2) is 134 Å². The summed E-state index contributed by atoms with van der Waals surface area (Å²) in [5.74, 6) is 1.24. The lowest BCUT2D eigenvalue weighted by Crippen LogP contribution is -1.97. The van der Waals surface area contributed by atoms with Crippen molar-refractivity contribution in [2.24, 2.45) is 0 Å². The number of benzene rings is 4. The van der Waals surface area contributed by atoms with Crippen molar-refractivity contribution in [3.05, 3.63) is 134 Å². The molecule has 0 radical (unpaired) electrons. The van der Waals surface area contributed by atoms with Gasteiger partial charge in [0, 0.05) is 45.2 Å². The molecule has 4 heterocycles. The topological polar surface area (TPSA) is 77.3 Å². The normalized spacial score (nSPS) is 11.3. The Balaban J connectivity index is 1.32. The maximum Gasteiger partial charge on any atom is 0.178 e. The Morgan fingerprint density at radius 3 is 1.81 bits per heavy atom. The fraction of sp³-hybridized carbons (Fsp3) is 0. The molecule has 0 saturated carbocycles. The molecular formula is C36H22N6. The molecule has 0 N–H and O–H groups in total. The van der Waals surface area contributed by atoms with Gasteiger partial charge in [-0.25, -0.2) is 29.9 Å². The van der Waals surface area contributed by atoms with Crippen molar-refractivity contribution in [2.45, 2.75) is 0 Å². The Morgan fingerprint density at radius 2 is 1.02 bits per heavy atom. The van der Waals surface area contributed by atoms with Crippen LogP contribution < -0.4 is 0 Å². The van der Waals surface area contributed by atoms with Crippen molar-refractivity contribution < 1.29 is 0 Å². The summed E-state index contributed by atoms with van der Waals surface area (Å²) in [5, 5.41) is 3.03. The van der Waals surface area contributed by atoms with E-state index in [-0.39, 0.29) is 0 Å². The van der Waals surface area contributed by atoms with Crippen LogP contribution in [-0.2, 0) is 0 Å². The van der Waals surface area contributed by atoms with E-state index < -0.39 is 0 Å². The molecule has 0 unspecified atom stereocenters. The van der Waals surface area contributed by atoms with Crippen LogP contribution in [0.2, 0.25) is 0 Å². The largest absolute Gasteiger partial charge is 0.245 e. The zero-order valence-electron chi connectivity index (χ0n) is 22.4. The van der Waals surface area contributed by atoms with Crippen LogP contribution in [0.1, 0.15) is 0 Å². The van der Waals surface area contributed by atoms with Crippen molar-refractivity contribution >= 4 is 32.7 Å². The summed E-state index contributed by atoms with van der Waals surface area (Å²) in [4.78, 5) is 29.0. The lowest BCUT2D eigenvalue weighted by atomic mass is 10.0. The molecule has 0 saturated heterocycles. The Labute approximate surface area is 241 Å². The summed E-state index contributed by atoms with van der Waals surface area (Å²) in [6.07, 6.45) is 3.45. The summed E-state index contributed by atoms with van der Waals surface area (Å²) >= 11 is 0. The highest BCUT2D eigenvalue weighted by Gasteiger charge is 2.16. The van der Waals surface area contributed by atoms with E-state index in [2.05, 4.69) is 64.6 Å². The minimum absolute atomic E-state index is 0.584. The van der Waals surface area contributed by atoms with Crippen molar-refractivity contribution in [3.63, 3.8) is 0 Å². The van der Waals surface area contributed by atoms with Gasteiger partial charge in [-0.3, -0.25) is 0 Å². The van der Waals surface area contributed by atoms with Gasteiger partial charge in [-0.1, -0.05) is 97.1 Å². The number of para-hydroxylation sites is 1. The second-order valence-corrected chi connectivity index (χ2v) is 10.00. The minimum atomic E-state index is 0.584. The van der Waals surface area contributed by atoms with Crippen LogP contribution in [0.3, 0.4) is 0 Å². The second kappa shape index (κ2) is 9.94. The number of aromatic nitrogens is 6. The first kappa shape index (κ1) is 24.0. The molecule has 0 bridgehead atoms. The molecule has 8 aromatic rings. The molecule has 42 heavy (non-hydrogen) atoms. The summed E-state index contributed by atoms with van der Waals surface area (Å²) in [7, 11) is 0. The highest BCUT2D eigenvalue weighted by Crippen LogP contribution is 2.35. The summed E-state index contributed by atoms with van der Waals surface area (Å²) in [6, 6.07) is 40.7. The first-order chi connectivity index (χ1) is 20.8. The number of pyridine rings is 2. The number of fused-ring (bicyclic) bond motifs is 4. The molecular weight excluding hydrogens is 516 g/mol. The van der Waals surface area contributed by atoms with E-state index in [1.165, 1.54) is 0 Å². The van der Waals surface area contributed by atoms with Crippen molar-refractivity contribution in [3.8, 4) is 45.4 Å².